The number of fused-ring (bicyclic) bond motifs is 4. The second-order valence-corrected chi connectivity index (χ2v) is 7.87. The van der Waals surface area contributed by atoms with Crippen LogP contribution in [0.5, 0.6) is 5.75 Å². The highest BCUT2D eigenvalue weighted by Crippen LogP contribution is 2.49. The summed E-state index contributed by atoms with van der Waals surface area (Å²) in [5.41, 5.74) is 2.16. The summed E-state index contributed by atoms with van der Waals surface area (Å²) in [5.74, 6) is 0.479. The molecule has 0 saturated carbocycles. The number of hydrogen-bond donors (Lipinski definition) is 1. The molecule has 3 heterocycles. The van der Waals surface area contributed by atoms with Crippen LogP contribution < -0.4 is 4.74 Å². The first kappa shape index (κ1) is 15.0. The molecule has 1 N–H and O–H groups in total. The number of hydrogen-bond acceptors (Lipinski definition) is 5. The van der Waals surface area contributed by atoms with Gasteiger partial charge >= 0.3 is 5.97 Å². The number of benzene rings is 1. The smallest absolute Gasteiger partial charge is 0.339 e. The molecule has 0 amide bonds. The number of carbonyl (C=O) groups is 1. The summed E-state index contributed by atoms with van der Waals surface area (Å²) in [6.45, 7) is 8.84. The fourth-order valence-electron chi connectivity index (χ4n) is 4.08. The van der Waals surface area contributed by atoms with E-state index in [9.17, 15) is 9.90 Å². The molecular weight excluding hydrogens is 294 g/mol. The fraction of sp³-hybridized carbons (Fsp3) is 0.611. The van der Waals surface area contributed by atoms with Crippen LogP contribution in [0.2, 0.25) is 0 Å². The molecule has 4 rings (SSSR count). The van der Waals surface area contributed by atoms with Crippen molar-refractivity contribution in [2.24, 2.45) is 0 Å². The van der Waals surface area contributed by atoms with Crippen LogP contribution in [-0.2, 0) is 16.8 Å². The Labute approximate surface area is 136 Å². The summed E-state index contributed by atoms with van der Waals surface area (Å²) in [6, 6.07) is 3.77. The van der Waals surface area contributed by atoms with Crippen LogP contribution in [-0.4, -0.2) is 47.3 Å². The lowest BCUT2D eigenvalue weighted by atomic mass is 9.71. The van der Waals surface area contributed by atoms with E-state index < -0.39 is 6.10 Å². The number of carbonyl (C=O) groups excluding carboxylic acids is 1. The summed E-state index contributed by atoms with van der Waals surface area (Å²) in [4.78, 5) is 14.0. The normalized spacial score (nSPS) is 30.1. The van der Waals surface area contributed by atoms with Crippen molar-refractivity contribution in [3.05, 3.63) is 28.8 Å². The van der Waals surface area contributed by atoms with Crippen LogP contribution in [0.4, 0.5) is 0 Å². The second kappa shape index (κ2) is 4.71. The Bertz CT molecular complexity index is 678. The van der Waals surface area contributed by atoms with Gasteiger partial charge in [0.25, 0.3) is 0 Å². The number of rotatable bonds is 0. The first-order valence-electron chi connectivity index (χ1n) is 8.22. The minimum absolute atomic E-state index is 0.0447. The minimum atomic E-state index is -0.479. The Hall–Kier alpha value is -1.59. The zero-order valence-electron chi connectivity index (χ0n) is 13.9. The lowest BCUT2D eigenvalue weighted by Gasteiger charge is -2.47. The van der Waals surface area contributed by atoms with Gasteiger partial charge < -0.3 is 14.6 Å². The molecule has 0 aromatic heterocycles. The molecule has 1 saturated heterocycles. The number of β-amino-alcohol motifs (C(OH)–C–C–N with tert-alkyl or cyclic N) is 1. The Morgan fingerprint density at radius 3 is 2.78 bits per heavy atom. The van der Waals surface area contributed by atoms with E-state index in [0.29, 0.717) is 18.7 Å². The van der Waals surface area contributed by atoms with Crippen LogP contribution in [0.25, 0.3) is 0 Å². The van der Waals surface area contributed by atoms with E-state index in [0.717, 1.165) is 29.8 Å². The third-order valence-electron chi connectivity index (χ3n) is 5.65. The Kier molecular flexibility index (Phi) is 3.06. The molecule has 1 fully saturated rings. The van der Waals surface area contributed by atoms with Gasteiger partial charge in [-0.3, -0.25) is 4.90 Å². The highest BCUT2D eigenvalue weighted by atomic mass is 16.5. The van der Waals surface area contributed by atoms with Gasteiger partial charge in [-0.1, -0.05) is 6.07 Å². The number of likely N-dealkylation sites (tertiary alicyclic amines) is 1. The predicted molar refractivity (Wildman–Crippen MR) is 84.7 cm³/mol. The van der Waals surface area contributed by atoms with E-state index in [-0.39, 0.29) is 23.5 Å². The third kappa shape index (κ3) is 2.03. The number of nitrogens with zero attached hydrogens (tertiary/aromatic N) is 1. The molecule has 0 radical (unpaired) electrons. The van der Waals surface area contributed by atoms with Crippen LogP contribution in [0, 0.1) is 0 Å². The van der Waals surface area contributed by atoms with Gasteiger partial charge in [0.15, 0.2) is 0 Å². The van der Waals surface area contributed by atoms with Gasteiger partial charge in [0.1, 0.15) is 19.0 Å². The standard InChI is InChI=1S/C18H23NO4/c1-17(2,3)19-7-6-18(14(20)8-19)10-23-15-12-9-22-16(21)11(12)4-5-13(15)18/h4-5,14,20H,6-10H2,1-3H3. The van der Waals surface area contributed by atoms with Gasteiger partial charge in [-0.2, -0.15) is 0 Å². The van der Waals surface area contributed by atoms with Crippen molar-refractivity contribution in [1.29, 1.82) is 0 Å². The van der Waals surface area contributed by atoms with Crippen LogP contribution >= 0.6 is 0 Å². The number of cyclic esters (lactones) is 1. The quantitative estimate of drug-likeness (QED) is 0.740. The number of ether oxygens (including phenoxy) is 2. The first-order chi connectivity index (χ1) is 10.8. The van der Waals surface area contributed by atoms with E-state index in [1.807, 2.05) is 12.1 Å². The van der Waals surface area contributed by atoms with Crippen molar-refractivity contribution in [2.75, 3.05) is 19.7 Å². The summed E-state index contributed by atoms with van der Waals surface area (Å²) in [6.07, 6.45) is 0.374. The molecule has 0 aliphatic carbocycles. The molecule has 2 atom stereocenters. The third-order valence-corrected chi connectivity index (χ3v) is 5.65. The molecule has 0 bridgehead atoms. The topological polar surface area (TPSA) is 59.0 Å². The fourth-order valence-corrected chi connectivity index (χ4v) is 4.08. The molecule has 5 heteroatoms. The molecule has 1 aromatic carbocycles. The monoisotopic (exact) mass is 317 g/mol. The van der Waals surface area contributed by atoms with Gasteiger partial charge in [-0.05, 0) is 39.8 Å². The summed E-state index contributed by atoms with van der Waals surface area (Å²) in [5, 5.41) is 10.9. The average molecular weight is 317 g/mol. The SMILES string of the molecule is CC(C)(C)N1CCC2(COc3c2ccc2c3COC2=O)C(O)C1. The first-order valence-corrected chi connectivity index (χ1v) is 8.22. The second-order valence-electron chi connectivity index (χ2n) is 7.87. The van der Waals surface area contributed by atoms with Crippen molar-refractivity contribution in [3.8, 4) is 5.75 Å². The van der Waals surface area contributed by atoms with Crippen LogP contribution in [0.15, 0.2) is 12.1 Å². The highest BCUT2D eigenvalue weighted by molar-refractivity contribution is 5.94. The molecule has 1 aromatic rings. The van der Waals surface area contributed by atoms with Crippen molar-refractivity contribution in [3.63, 3.8) is 0 Å². The van der Waals surface area contributed by atoms with E-state index in [2.05, 4.69) is 25.7 Å². The van der Waals surface area contributed by atoms with Gasteiger partial charge in [0.2, 0.25) is 0 Å². The highest BCUT2D eigenvalue weighted by Gasteiger charge is 2.51. The van der Waals surface area contributed by atoms with Gasteiger partial charge in [0.05, 0.1) is 17.1 Å². The van der Waals surface area contributed by atoms with Crippen molar-refractivity contribution < 1.29 is 19.4 Å². The molecule has 124 valence electrons. The Morgan fingerprint density at radius 1 is 1.30 bits per heavy atom. The van der Waals surface area contributed by atoms with E-state index >= 15 is 0 Å². The maximum Gasteiger partial charge on any atom is 0.339 e. The maximum absolute atomic E-state index is 11.7. The summed E-state index contributed by atoms with van der Waals surface area (Å²) >= 11 is 0. The summed E-state index contributed by atoms with van der Waals surface area (Å²) in [7, 11) is 0. The summed E-state index contributed by atoms with van der Waals surface area (Å²) < 4.78 is 11.1. The molecule has 5 nitrogen and oxygen atoms in total. The van der Waals surface area contributed by atoms with Crippen molar-refractivity contribution >= 4 is 5.97 Å². The number of piperidine rings is 1. The zero-order valence-corrected chi connectivity index (χ0v) is 13.9. The van der Waals surface area contributed by atoms with Crippen LogP contribution in [0.1, 0.15) is 48.7 Å². The number of aliphatic hydroxyl groups is 1. The Balaban J connectivity index is 1.71. The van der Waals surface area contributed by atoms with E-state index in [1.165, 1.54) is 0 Å². The number of aliphatic hydroxyl groups excluding tert-OH is 1. The van der Waals surface area contributed by atoms with Gasteiger partial charge in [-0.15, -0.1) is 0 Å². The molecular formula is C18H23NO4. The molecule has 2 unspecified atom stereocenters. The van der Waals surface area contributed by atoms with Crippen molar-refractivity contribution in [2.45, 2.75) is 50.9 Å². The average Bonchev–Trinajstić information content (AvgIpc) is 3.04. The van der Waals surface area contributed by atoms with Gasteiger partial charge in [0, 0.05) is 23.2 Å². The van der Waals surface area contributed by atoms with Crippen LogP contribution in [0.3, 0.4) is 0 Å². The van der Waals surface area contributed by atoms with E-state index in [1.54, 1.807) is 0 Å². The minimum Gasteiger partial charge on any atom is -0.492 e. The van der Waals surface area contributed by atoms with E-state index in [4.69, 9.17) is 9.47 Å². The molecule has 3 aliphatic rings. The van der Waals surface area contributed by atoms with Crippen molar-refractivity contribution in [1.82, 2.24) is 4.90 Å². The predicted octanol–water partition coefficient (Wildman–Crippen LogP) is 1.85. The molecule has 1 spiro atoms. The lowest BCUT2D eigenvalue weighted by Crippen LogP contribution is -2.58. The largest absolute Gasteiger partial charge is 0.492 e. The van der Waals surface area contributed by atoms with Gasteiger partial charge in [-0.25, -0.2) is 4.79 Å². The molecule has 23 heavy (non-hydrogen) atoms. The Morgan fingerprint density at radius 2 is 2.09 bits per heavy atom. The molecule has 3 aliphatic heterocycles. The maximum atomic E-state index is 11.7. The lowest BCUT2D eigenvalue weighted by molar-refractivity contribution is -0.0384. The zero-order chi connectivity index (χ0) is 16.4. The number of esters is 1.